The molecule has 1 aromatic heterocycles. The van der Waals surface area contributed by atoms with Gasteiger partial charge in [0.25, 0.3) is 0 Å². The highest BCUT2D eigenvalue weighted by atomic mass is 32.2. The van der Waals surface area contributed by atoms with Gasteiger partial charge in [0.2, 0.25) is 0 Å². The number of oxime groups is 1. The number of hydrogen-bond donors (Lipinski definition) is 2. The SMILES string of the molecule is N/C(=N\O)c1ccnc(SCc2ccccc2)c1. The molecule has 5 heteroatoms. The van der Waals surface area contributed by atoms with Gasteiger partial charge in [0.15, 0.2) is 5.84 Å². The van der Waals surface area contributed by atoms with Gasteiger partial charge in [0.05, 0.1) is 5.03 Å². The predicted octanol–water partition coefficient (Wildman–Crippen LogP) is 2.47. The molecule has 0 saturated carbocycles. The molecule has 0 bridgehead atoms. The van der Waals surface area contributed by atoms with E-state index in [9.17, 15) is 0 Å². The summed E-state index contributed by atoms with van der Waals surface area (Å²) >= 11 is 1.61. The van der Waals surface area contributed by atoms with Gasteiger partial charge in [-0.25, -0.2) is 4.98 Å². The Morgan fingerprint density at radius 2 is 2.06 bits per heavy atom. The van der Waals surface area contributed by atoms with Crippen molar-refractivity contribution in [3.63, 3.8) is 0 Å². The first-order chi connectivity index (χ1) is 8.79. The van der Waals surface area contributed by atoms with Crippen LogP contribution < -0.4 is 5.73 Å². The zero-order valence-corrected chi connectivity index (χ0v) is 10.5. The Balaban J connectivity index is 2.06. The number of hydrogen-bond acceptors (Lipinski definition) is 4. The van der Waals surface area contributed by atoms with E-state index in [2.05, 4.69) is 22.3 Å². The lowest BCUT2D eigenvalue weighted by Gasteiger charge is -2.03. The molecule has 1 aromatic carbocycles. The summed E-state index contributed by atoms with van der Waals surface area (Å²) in [5.74, 6) is 0.937. The summed E-state index contributed by atoms with van der Waals surface area (Å²) in [6.07, 6.45) is 1.65. The van der Waals surface area contributed by atoms with Crippen LogP contribution in [-0.4, -0.2) is 16.0 Å². The van der Waals surface area contributed by atoms with Crippen molar-refractivity contribution in [3.8, 4) is 0 Å². The van der Waals surface area contributed by atoms with E-state index in [1.807, 2.05) is 24.3 Å². The van der Waals surface area contributed by atoms with Crippen molar-refractivity contribution >= 4 is 17.6 Å². The maximum Gasteiger partial charge on any atom is 0.170 e. The number of rotatable bonds is 4. The topological polar surface area (TPSA) is 71.5 Å². The molecule has 0 aliphatic carbocycles. The minimum absolute atomic E-state index is 0.0963. The van der Waals surface area contributed by atoms with E-state index in [0.29, 0.717) is 5.56 Å². The Labute approximate surface area is 110 Å². The summed E-state index contributed by atoms with van der Waals surface area (Å²) in [5, 5.41) is 12.4. The molecule has 0 radical (unpaired) electrons. The average Bonchev–Trinajstić information content (AvgIpc) is 2.45. The third-order valence-corrected chi connectivity index (χ3v) is 3.36. The summed E-state index contributed by atoms with van der Waals surface area (Å²) in [6, 6.07) is 13.7. The highest BCUT2D eigenvalue weighted by Gasteiger charge is 2.02. The van der Waals surface area contributed by atoms with E-state index in [0.717, 1.165) is 10.8 Å². The molecule has 2 rings (SSSR count). The van der Waals surface area contributed by atoms with Gasteiger partial charge in [0, 0.05) is 17.5 Å². The molecule has 0 atom stereocenters. The smallest absolute Gasteiger partial charge is 0.170 e. The molecule has 2 aromatic rings. The van der Waals surface area contributed by atoms with Crippen LogP contribution in [0.1, 0.15) is 11.1 Å². The van der Waals surface area contributed by atoms with E-state index < -0.39 is 0 Å². The molecule has 0 fully saturated rings. The van der Waals surface area contributed by atoms with Crippen molar-refractivity contribution in [2.75, 3.05) is 0 Å². The standard InChI is InChI=1S/C13H13N3OS/c14-13(16-17)11-6-7-15-12(8-11)18-9-10-4-2-1-3-5-10/h1-8,17H,9H2,(H2,14,16). The zero-order chi connectivity index (χ0) is 12.8. The normalized spacial score (nSPS) is 11.4. The lowest BCUT2D eigenvalue weighted by atomic mass is 10.2. The van der Waals surface area contributed by atoms with Gasteiger partial charge in [-0.3, -0.25) is 0 Å². The van der Waals surface area contributed by atoms with Gasteiger partial charge in [-0.2, -0.15) is 0 Å². The number of nitrogens with zero attached hydrogens (tertiary/aromatic N) is 2. The van der Waals surface area contributed by atoms with Crippen LogP contribution in [0.5, 0.6) is 0 Å². The van der Waals surface area contributed by atoms with E-state index in [1.165, 1.54) is 5.56 Å². The number of amidine groups is 1. The van der Waals surface area contributed by atoms with Crippen LogP contribution in [0.3, 0.4) is 0 Å². The van der Waals surface area contributed by atoms with Crippen molar-refractivity contribution in [2.45, 2.75) is 10.8 Å². The Bertz CT molecular complexity index is 543. The summed E-state index contributed by atoms with van der Waals surface area (Å²) in [4.78, 5) is 4.24. The highest BCUT2D eigenvalue weighted by molar-refractivity contribution is 7.98. The second-order valence-electron chi connectivity index (χ2n) is 3.64. The average molecular weight is 259 g/mol. The van der Waals surface area contributed by atoms with Crippen LogP contribution in [0.4, 0.5) is 0 Å². The molecule has 0 unspecified atom stereocenters. The quantitative estimate of drug-likeness (QED) is 0.291. The third-order valence-electron chi connectivity index (χ3n) is 2.37. The fraction of sp³-hybridized carbons (Fsp3) is 0.0769. The molecule has 0 amide bonds. The molecule has 0 aliphatic rings. The first-order valence-electron chi connectivity index (χ1n) is 5.40. The lowest BCUT2D eigenvalue weighted by Crippen LogP contribution is -2.13. The molecule has 0 spiro atoms. The molecule has 18 heavy (non-hydrogen) atoms. The van der Waals surface area contributed by atoms with Crippen LogP contribution in [0.25, 0.3) is 0 Å². The Morgan fingerprint density at radius 3 is 2.78 bits per heavy atom. The largest absolute Gasteiger partial charge is 0.409 e. The maximum atomic E-state index is 8.62. The van der Waals surface area contributed by atoms with Crippen LogP contribution in [-0.2, 0) is 5.75 Å². The summed E-state index contributed by atoms with van der Waals surface area (Å²) in [7, 11) is 0. The number of nitrogens with two attached hydrogens (primary N) is 1. The lowest BCUT2D eigenvalue weighted by molar-refractivity contribution is 0.318. The maximum absolute atomic E-state index is 8.62. The predicted molar refractivity (Wildman–Crippen MR) is 72.8 cm³/mol. The van der Waals surface area contributed by atoms with Crippen molar-refractivity contribution in [1.82, 2.24) is 4.98 Å². The first kappa shape index (κ1) is 12.4. The van der Waals surface area contributed by atoms with Crippen molar-refractivity contribution < 1.29 is 5.21 Å². The Hall–Kier alpha value is -2.01. The molecule has 4 nitrogen and oxygen atoms in total. The number of benzene rings is 1. The molecule has 0 saturated heterocycles. The zero-order valence-electron chi connectivity index (χ0n) is 9.65. The van der Waals surface area contributed by atoms with Crippen LogP contribution in [0.15, 0.2) is 58.8 Å². The molecule has 92 valence electrons. The number of aromatic nitrogens is 1. The van der Waals surface area contributed by atoms with Gasteiger partial charge in [-0.05, 0) is 17.7 Å². The van der Waals surface area contributed by atoms with Crippen LogP contribution >= 0.6 is 11.8 Å². The van der Waals surface area contributed by atoms with E-state index >= 15 is 0 Å². The van der Waals surface area contributed by atoms with Gasteiger partial charge in [-0.1, -0.05) is 35.5 Å². The summed E-state index contributed by atoms with van der Waals surface area (Å²) < 4.78 is 0. The van der Waals surface area contributed by atoms with Crippen molar-refractivity contribution in [3.05, 3.63) is 59.8 Å². The first-order valence-corrected chi connectivity index (χ1v) is 6.39. The van der Waals surface area contributed by atoms with Crippen molar-refractivity contribution in [1.29, 1.82) is 0 Å². The van der Waals surface area contributed by atoms with Gasteiger partial charge >= 0.3 is 0 Å². The summed E-state index contributed by atoms with van der Waals surface area (Å²) in [5.41, 5.74) is 7.44. The van der Waals surface area contributed by atoms with Gasteiger partial charge in [-0.15, -0.1) is 11.8 Å². The van der Waals surface area contributed by atoms with Crippen molar-refractivity contribution in [2.24, 2.45) is 10.9 Å². The minimum Gasteiger partial charge on any atom is -0.409 e. The van der Waals surface area contributed by atoms with E-state index in [-0.39, 0.29) is 5.84 Å². The Morgan fingerprint density at radius 1 is 1.28 bits per heavy atom. The Kier molecular flexibility index (Phi) is 4.20. The monoisotopic (exact) mass is 259 g/mol. The number of pyridine rings is 1. The third kappa shape index (κ3) is 3.24. The van der Waals surface area contributed by atoms with Crippen LogP contribution in [0, 0.1) is 0 Å². The fourth-order valence-electron chi connectivity index (χ4n) is 1.44. The molecule has 1 heterocycles. The second-order valence-corrected chi connectivity index (χ2v) is 4.64. The second kappa shape index (κ2) is 6.07. The van der Waals surface area contributed by atoms with Gasteiger partial charge in [0.1, 0.15) is 0 Å². The summed E-state index contributed by atoms with van der Waals surface area (Å²) in [6.45, 7) is 0. The van der Waals surface area contributed by atoms with E-state index in [1.54, 1.807) is 24.0 Å². The highest BCUT2D eigenvalue weighted by Crippen LogP contribution is 2.21. The number of thioether (sulfide) groups is 1. The fourth-order valence-corrected chi connectivity index (χ4v) is 2.29. The molecular weight excluding hydrogens is 246 g/mol. The van der Waals surface area contributed by atoms with Gasteiger partial charge < -0.3 is 10.9 Å². The van der Waals surface area contributed by atoms with E-state index in [4.69, 9.17) is 10.9 Å². The molecular formula is C13H13N3OS. The van der Waals surface area contributed by atoms with Crippen LogP contribution in [0.2, 0.25) is 0 Å². The minimum atomic E-state index is 0.0963. The molecule has 3 N–H and O–H groups in total. The molecule has 0 aliphatic heterocycles.